The van der Waals surface area contributed by atoms with Crippen molar-refractivity contribution in [3.05, 3.63) is 122 Å². The smallest absolute Gasteiger partial charge is 0.429 e. The molecule has 0 spiro atoms. The molecule has 1 atom stereocenters. The summed E-state index contributed by atoms with van der Waals surface area (Å²) in [6.45, 7) is 3.55. The molecule has 4 aromatic rings. The lowest BCUT2D eigenvalue weighted by molar-refractivity contribution is -0.763. The summed E-state index contributed by atoms with van der Waals surface area (Å²) in [5, 5.41) is 24.9. The molecule has 5 N–H and O–H groups in total. The maximum Gasteiger partial charge on any atom is 0.510 e. The van der Waals surface area contributed by atoms with Crippen molar-refractivity contribution in [2.75, 3.05) is 0 Å². The van der Waals surface area contributed by atoms with Crippen LogP contribution >= 0.6 is 11.6 Å². The first-order valence-corrected chi connectivity index (χ1v) is 15.6. The van der Waals surface area contributed by atoms with Gasteiger partial charge in [-0.2, -0.15) is 5.12 Å². The second-order valence-electron chi connectivity index (χ2n) is 10.8. The van der Waals surface area contributed by atoms with Crippen LogP contribution in [0, 0.1) is 10.1 Å². The van der Waals surface area contributed by atoms with Gasteiger partial charge in [-0.05, 0) is 41.2 Å². The Morgan fingerprint density at radius 2 is 1.81 bits per heavy atom. The quantitative estimate of drug-likeness (QED) is 0.0265. The lowest BCUT2D eigenvalue weighted by Crippen LogP contribution is -2.40. The van der Waals surface area contributed by atoms with Crippen LogP contribution in [0.1, 0.15) is 60.5 Å². The SMILES string of the molecule is CCCCc1nc(Cl)c(CO)n1Cc1ccc(-c2ccccc2/C(N)=N/N(N)C(C)OC(=O)OCc2cccc(CO[N+](=O)[O-])c2)cc1. The fourth-order valence-electron chi connectivity index (χ4n) is 4.86. The Morgan fingerprint density at radius 1 is 1.10 bits per heavy atom. The number of amidine groups is 1. The summed E-state index contributed by atoms with van der Waals surface area (Å²) in [4.78, 5) is 31.6. The molecular weight excluding hydrogens is 642 g/mol. The summed E-state index contributed by atoms with van der Waals surface area (Å²) in [6.07, 6.45) is 0.715. The number of rotatable bonds is 16. The van der Waals surface area contributed by atoms with Gasteiger partial charge in [-0.3, -0.25) is 0 Å². The standard InChI is InChI=1S/C33H38ClN7O7/c1-3-4-12-30-37-31(34)29(19-42)39(30)18-23-13-15-26(16-14-23)27-10-5-6-11-28(27)32(35)38-40(36)22(2)48-33(43)46-20-24-8-7-9-25(17-24)21-47-41(44)45/h5-11,13-17,22,42H,3-4,12,18-21,36H2,1-2H3,(H2,35,38). The third kappa shape index (κ3) is 9.67. The first-order chi connectivity index (χ1) is 23.1. The molecule has 0 saturated heterocycles. The van der Waals surface area contributed by atoms with E-state index >= 15 is 0 Å². The molecule has 0 bridgehead atoms. The van der Waals surface area contributed by atoms with Crippen LogP contribution in [-0.2, 0) is 47.1 Å². The van der Waals surface area contributed by atoms with Crippen LogP contribution in [-0.4, -0.2) is 43.1 Å². The highest BCUT2D eigenvalue weighted by atomic mass is 35.5. The minimum Gasteiger partial charge on any atom is -0.429 e. The number of hydrogen-bond donors (Lipinski definition) is 3. The number of hydrazine groups is 1. The average Bonchev–Trinajstić information content (AvgIpc) is 3.38. The van der Waals surface area contributed by atoms with E-state index in [1.807, 2.05) is 53.1 Å². The van der Waals surface area contributed by atoms with Crippen LogP contribution in [0.3, 0.4) is 0 Å². The topological polar surface area (TPSA) is 194 Å². The number of unbranched alkanes of at least 4 members (excludes halogenated alkanes) is 1. The summed E-state index contributed by atoms with van der Waals surface area (Å²) in [5.74, 6) is 7.00. The number of imidazole rings is 1. The summed E-state index contributed by atoms with van der Waals surface area (Å²) in [6, 6.07) is 21.9. The summed E-state index contributed by atoms with van der Waals surface area (Å²) in [7, 11) is 0. The Labute approximate surface area is 282 Å². The lowest BCUT2D eigenvalue weighted by atomic mass is 9.98. The van der Waals surface area contributed by atoms with Crippen molar-refractivity contribution in [2.24, 2.45) is 16.7 Å². The number of ether oxygens (including phenoxy) is 2. The number of aliphatic hydroxyl groups excluding tert-OH is 1. The fourth-order valence-corrected chi connectivity index (χ4v) is 5.12. The Balaban J connectivity index is 1.40. The molecule has 0 amide bonds. The number of carbonyl (C=O) groups is 1. The maximum absolute atomic E-state index is 12.3. The fraction of sp³-hybridized carbons (Fsp3) is 0.303. The monoisotopic (exact) mass is 679 g/mol. The third-order valence-corrected chi connectivity index (χ3v) is 7.66. The van der Waals surface area contributed by atoms with Gasteiger partial charge in [0, 0.05) is 18.5 Å². The van der Waals surface area contributed by atoms with Crippen LogP contribution in [0.15, 0.2) is 77.9 Å². The second kappa shape index (κ2) is 17.1. The van der Waals surface area contributed by atoms with Gasteiger partial charge in [0.05, 0.1) is 12.3 Å². The third-order valence-electron chi connectivity index (χ3n) is 7.36. The van der Waals surface area contributed by atoms with Crippen molar-refractivity contribution in [3.63, 3.8) is 0 Å². The zero-order chi connectivity index (χ0) is 34.6. The van der Waals surface area contributed by atoms with Crippen LogP contribution in [0.25, 0.3) is 11.1 Å². The molecule has 48 heavy (non-hydrogen) atoms. The molecule has 1 unspecified atom stereocenters. The Hall–Kier alpha value is -5.18. The van der Waals surface area contributed by atoms with Crippen LogP contribution in [0.2, 0.25) is 5.15 Å². The molecule has 0 radical (unpaired) electrons. The van der Waals surface area contributed by atoms with Crippen molar-refractivity contribution in [1.29, 1.82) is 0 Å². The van der Waals surface area contributed by atoms with Crippen LogP contribution in [0.5, 0.6) is 0 Å². The number of aliphatic hydroxyl groups is 1. The van der Waals surface area contributed by atoms with Gasteiger partial charge in [0.1, 0.15) is 19.0 Å². The van der Waals surface area contributed by atoms with Crippen LogP contribution in [0.4, 0.5) is 4.79 Å². The minimum absolute atomic E-state index is 0.0935. The highest BCUT2D eigenvalue weighted by Gasteiger charge is 2.18. The number of carbonyl (C=O) groups excluding carboxylic acids is 1. The van der Waals surface area contributed by atoms with Gasteiger partial charge in [0.15, 0.2) is 11.0 Å². The molecule has 0 aliphatic heterocycles. The highest BCUT2D eigenvalue weighted by molar-refractivity contribution is 6.30. The van der Waals surface area contributed by atoms with E-state index in [4.69, 9.17) is 32.7 Å². The molecule has 3 aromatic carbocycles. The number of nitrogens with zero attached hydrogens (tertiary/aromatic N) is 5. The zero-order valence-electron chi connectivity index (χ0n) is 26.6. The number of hydrogen-bond acceptors (Lipinski definition) is 11. The van der Waals surface area contributed by atoms with Crippen molar-refractivity contribution in [3.8, 4) is 11.1 Å². The van der Waals surface area contributed by atoms with Gasteiger partial charge in [0.2, 0.25) is 6.23 Å². The molecule has 4 rings (SSSR count). The number of benzene rings is 3. The summed E-state index contributed by atoms with van der Waals surface area (Å²) in [5.41, 5.74) is 11.4. The van der Waals surface area contributed by atoms with E-state index in [2.05, 4.69) is 21.8 Å². The van der Waals surface area contributed by atoms with Crippen molar-refractivity contribution < 1.29 is 29.3 Å². The van der Waals surface area contributed by atoms with E-state index in [1.54, 1.807) is 24.3 Å². The number of aromatic nitrogens is 2. The first-order valence-electron chi connectivity index (χ1n) is 15.2. The summed E-state index contributed by atoms with van der Waals surface area (Å²) >= 11 is 6.31. The van der Waals surface area contributed by atoms with Gasteiger partial charge in [0.25, 0.3) is 5.09 Å². The Morgan fingerprint density at radius 3 is 2.50 bits per heavy atom. The van der Waals surface area contributed by atoms with Gasteiger partial charge in [-0.25, -0.2) is 15.6 Å². The van der Waals surface area contributed by atoms with Crippen molar-refractivity contribution >= 4 is 23.6 Å². The first kappa shape index (κ1) is 35.7. The van der Waals surface area contributed by atoms with Crippen molar-refractivity contribution in [1.82, 2.24) is 14.7 Å². The summed E-state index contributed by atoms with van der Waals surface area (Å²) < 4.78 is 12.4. The van der Waals surface area contributed by atoms with E-state index in [1.165, 1.54) is 6.92 Å². The lowest BCUT2D eigenvalue weighted by Gasteiger charge is -2.21. The Kier molecular flexibility index (Phi) is 12.7. The normalized spacial score (nSPS) is 12.0. The second-order valence-corrected chi connectivity index (χ2v) is 11.2. The largest absolute Gasteiger partial charge is 0.510 e. The molecule has 14 nitrogen and oxygen atoms in total. The van der Waals surface area contributed by atoms with Crippen LogP contribution < -0.4 is 11.6 Å². The molecule has 1 heterocycles. The zero-order valence-corrected chi connectivity index (χ0v) is 27.4. The highest BCUT2D eigenvalue weighted by Crippen LogP contribution is 2.26. The predicted octanol–water partition coefficient (Wildman–Crippen LogP) is 5.29. The number of nitrogens with two attached hydrogens (primary N) is 2. The van der Waals surface area contributed by atoms with E-state index in [0.29, 0.717) is 34.1 Å². The molecule has 1 aromatic heterocycles. The van der Waals surface area contributed by atoms with E-state index in [-0.39, 0.29) is 25.7 Å². The number of hydrazone groups is 1. The number of aryl methyl sites for hydroxylation is 1. The van der Waals surface area contributed by atoms with Crippen molar-refractivity contribution in [2.45, 2.75) is 65.7 Å². The molecule has 0 fully saturated rings. The maximum atomic E-state index is 12.3. The van der Waals surface area contributed by atoms with Gasteiger partial charge >= 0.3 is 6.16 Å². The molecule has 254 valence electrons. The molecular formula is C33H38ClN7O7. The molecule has 0 saturated carbocycles. The van der Waals surface area contributed by atoms with Gasteiger partial charge in [-0.15, -0.1) is 15.2 Å². The molecule has 0 aliphatic carbocycles. The molecule has 15 heteroatoms. The number of halogens is 1. The molecule has 0 aliphatic rings. The van der Waals surface area contributed by atoms with Gasteiger partial charge < -0.3 is 29.7 Å². The minimum atomic E-state index is -1.04. The Bertz CT molecular complexity index is 1730. The predicted molar refractivity (Wildman–Crippen MR) is 178 cm³/mol. The van der Waals surface area contributed by atoms with Gasteiger partial charge in [-0.1, -0.05) is 97.7 Å². The average molecular weight is 680 g/mol. The van der Waals surface area contributed by atoms with E-state index < -0.39 is 17.5 Å². The van der Waals surface area contributed by atoms with E-state index in [0.717, 1.165) is 46.9 Å². The van der Waals surface area contributed by atoms with E-state index in [9.17, 15) is 20.0 Å².